The predicted octanol–water partition coefficient (Wildman–Crippen LogP) is 3.49. The molecule has 1 aromatic heterocycles. The zero-order valence-electron chi connectivity index (χ0n) is 15.5. The van der Waals surface area contributed by atoms with E-state index in [2.05, 4.69) is 5.32 Å². The van der Waals surface area contributed by atoms with Crippen LogP contribution in [-0.4, -0.2) is 39.2 Å². The molecule has 2 amide bonds. The van der Waals surface area contributed by atoms with E-state index in [1.54, 1.807) is 42.7 Å². The van der Waals surface area contributed by atoms with Crippen LogP contribution in [0.25, 0.3) is 6.08 Å². The number of thiocarbonyl (C=S) groups is 1. The Kier molecular flexibility index (Phi) is 7.26. The van der Waals surface area contributed by atoms with Crippen molar-refractivity contribution in [3.8, 4) is 5.75 Å². The summed E-state index contributed by atoms with van der Waals surface area (Å²) in [5.41, 5.74) is 1.02. The highest BCUT2D eigenvalue weighted by Gasteiger charge is 2.31. The number of phenolic OH excluding ortho intramolecular Hbond substituents is 1. The summed E-state index contributed by atoms with van der Waals surface area (Å²) in [6.07, 6.45) is 7.61. The number of hydrogen-bond acceptors (Lipinski definition) is 6. The molecule has 0 aliphatic carbocycles. The molecule has 1 aliphatic heterocycles. The first kappa shape index (κ1) is 20.9. The van der Waals surface area contributed by atoms with Gasteiger partial charge in [-0.1, -0.05) is 42.2 Å². The Balaban J connectivity index is 1.43. The lowest BCUT2D eigenvalue weighted by Crippen LogP contribution is -2.34. The Morgan fingerprint density at radius 2 is 2.07 bits per heavy atom. The van der Waals surface area contributed by atoms with E-state index in [9.17, 15) is 14.7 Å². The molecule has 0 atom stereocenters. The van der Waals surface area contributed by atoms with Crippen molar-refractivity contribution >= 4 is 46.2 Å². The second kappa shape index (κ2) is 10.1. The van der Waals surface area contributed by atoms with Crippen molar-refractivity contribution < 1.29 is 19.1 Å². The third-order valence-corrected chi connectivity index (χ3v) is 5.56. The van der Waals surface area contributed by atoms with Crippen LogP contribution in [0.2, 0.25) is 0 Å². The highest BCUT2D eigenvalue weighted by Crippen LogP contribution is 2.31. The number of furan rings is 1. The predicted molar refractivity (Wildman–Crippen MR) is 117 cm³/mol. The molecule has 29 heavy (non-hydrogen) atoms. The number of carbonyl (C=O) groups is 2. The molecule has 0 bridgehead atoms. The van der Waals surface area contributed by atoms with Gasteiger partial charge in [0.25, 0.3) is 5.91 Å². The number of nitrogens with zero attached hydrogens (tertiary/aromatic N) is 1. The molecule has 2 aromatic rings. The summed E-state index contributed by atoms with van der Waals surface area (Å²) in [4.78, 5) is 26.5. The summed E-state index contributed by atoms with van der Waals surface area (Å²) in [6.45, 7) is 0.731. The van der Waals surface area contributed by atoms with Gasteiger partial charge in [0.1, 0.15) is 15.8 Å². The fourth-order valence-corrected chi connectivity index (χ4v) is 3.89. The summed E-state index contributed by atoms with van der Waals surface area (Å²) in [6, 6.07) is 10.5. The van der Waals surface area contributed by atoms with Crippen LogP contribution in [-0.2, 0) is 16.0 Å². The number of phenols is 1. The largest absolute Gasteiger partial charge is 0.508 e. The Bertz CT molecular complexity index is 934. The van der Waals surface area contributed by atoms with Crippen molar-refractivity contribution in [2.45, 2.75) is 12.8 Å². The Morgan fingerprint density at radius 3 is 2.79 bits per heavy atom. The molecule has 6 nitrogen and oxygen atoms in total. The fraction of sp³-hybridized carbons (Fsp3) is 0.190. The topological polar surface area (TPSA) is 82.8 Å². The number of allylic oxidation sites excluding steroid dienone is 2. The van der Waals surface area contributed by atoms with Gasteiger partial charge in [-0.3, -0.25) is 14.5 Å². The number of thioether (sulfide) groups is 1. The van der Waals surface area contributed by atoms with Crippen LogP contribution < -0.4 is 5.32 Å². The molecule has 0 spiro atoms. The minimum atomic E-state index is -0.194. The van der Waals surface area contributed by atoms with Gasteiger partial charge in [-0.25, -0.2) is 0 Å². The van der Waals surface area contributed by atoms with E-state index in [1.807, 2.05) is 18.2 Å². The fourth-order valence-electron chi connectivity index (χ4n) is 2.63. The molecule has 1 fully saturated rings. The summed E-state index contributed by atoms with van der Waals surface area (Å²) < 4.78 is 5.65. The first-order chi connectivity index (χ1) is 14.0. The first-order valence-electron chi connectivity index (χ1n) is 9.03. The van der Waals surface area contributed by atoms with Crippen molar-refractivity contribution in [3.63, 3.8) is 0 Å². The van der Waals surface area contributed by atoms with Crippen molar-refractivity contribution in [3.05, 3.63) is 71.0 Å². The molecule has 0 radical (unpaired) electrons. The lowest BCUT2D eigenvalue weighted by Gasteiger charge is -2.14. The van der Waals surface area contributed by atoms with Crippen molar-refractivity contribution in [2.75, 3.05) is 13.1 Å². The summed E-state index contributed by atoms with van der Waals surface area (Å²) in [5.74, 6) is 0.577. The van der Waals surface area contributed by atoms with Gasteiger partial charge in [-0.15, -0.1) is 0 Å². The zero-order chi connectivity index (χ0) is 20.6. The van der Waals surface area contributed by atoms with E-state index in [4.69, 9.17) is 16.6 Å². The summed E-state index contributed by atoms with van der Waals surface area (Å²) in [5, 5.41) is 12.1. The van der Waals surface area contributed by atoms with Gasteiger partial charge in [0.05, 0.1) is 11.2 Å². The van der Waals surface area contributed by atoms with Crippen LogP contribution in [0.15, 0.2) is 64.1 Å². The Hall–Kier alpha value is -2.84. The van der Waals surface area contributed by atoms with E-state index < -0.39 is 0 Å². The molecule has 150 valence electrons. The van der Waals surface area contributed by atoms with E-state index in [0.29, 0.717) is 28.0 Å². The van der Waals surface area contributed by atoms with Gasteiger partial charge in [-0.05, 0) is 48.4 Å². The zero-order valence-corrected chi connectivity index (χ0v) is 17.2. The van der Waals surface area contributed by atoms with E-state index in [-0.39, 0.29) is 30.5 Å². The second-order valence-corrected chi connectivity index (χ2v) is 7.92. The van der Waals surface area contributed by atoms with Crippen LogP contribution in [0.5, 0.6) is 5.75 Å². The van der Waals surface area contributed by atoms with Crippen LogP contribution in [0.1, 0.15) is 17.7 Å². The third kappa shape index (κ3) is 6.07. The normalized spacial score (nSPS) is 15.6. The molecule has 3 rings (SSSR count). The van der Waals surface area contributed by atoms with Crippen LogP contribution in [0, 0.1) is 0 Å². The van der Waals surface area contributed by atoms with Gasteiger partial charge in [0, 0.05) is 19.5 Å². The summed E-state index contributed by atoms with van der Waals surface area (Å²) >= 11 is 6.49. The number of aromatic hydroxyl groups is 1. The number of nitrogens with one attached hydrogen (secondary N) is 1. The van der Waals surface area contributed by atoms with Crippen molar-refractivity contribution in [2.24, 2.45) is 0 Å². The molecule has 1 aromatic carbocycles. The highest BCUT2D eigenvalue weighted by atomic mass is 32.2. The van der Waals surface area contributed by atoms with Crippen molar-refractivity contribution in [1.29, 1.82) is 0 Å². The molecule has 2 N–H and O–H groups in total. The average Bonchev–Trinajstić information content (AvgIpc) is 3.31. The molecule has 0 saturated carbocycles. The van der Waals surface area contributed by atoms with E-state index in [1.165, 1.54) is 16.7 Å². The summed E-state index contributed by atoms with van der Waals surface area (Å²) in [7, 11) is 0. The first-order valence-corrected chi connectivity index (χ1v) is 10.3. The number of carbonyl (C=O) groups excluding carboxylic acids is 2. The maximum atomic E-state index is 12.5. The number of benzene rings is 1. The standard InChI is InChI=1S/C21H20N2O4S2/c24-16-8-6-15(7-9-16)10-12-22-19(25)11-13-23-20(26)18(29-21(23)28)5-1-3-17-4-2-14-27-17/h1-9,14,24H,10-13H2,(H,22,25)/b3-1-,18-5-. The molecule has 8 heteroatoms. The molecule has 1 aliphatic rings. The molecule has 0 unspecified atom stereocenters. The van der Waals surface area contributed by atoms with Crippen LogP contribution in [0.4, 0.5) is 0 Å². The highest BCUT2D eigenvalue weighted by molar-refractivity contribution is 8.26. The quantitative estimate of drug-likeness (QED) is 0.495. The number of rotatable bonds is 8. The van der Waals surface area contributed by atoms with Gasteiger partial charge in [-0.2, -0.15) is 0 Å². The maximum absolute atomic E-state index is 12.5. The maximum Gasteiger partial charge on any atom is 0.266 e. The molecule has 2 heterocycles. The number of amides is 2. The second-order valence-electron chi connectivity index (χ2n) is 6.25. The van der Waals surface area contributed by atoms with Gasteiger partial charge < -0.3 is 14.8 Å². The van der Waals surface area contributed by atoms with E-state index in [0.717, 1.165) is 5.56 Å². The van der Waals surface area contributed by atoms with Crippen LogP contribution >= 0.6 is 24.0 Å². The lowest BCUT2D eigenvalue weighted by molar-refractivity contribution is -0.123. The van der Waals surface area contributed by atoms with Crippen LogP contribution in [0.3, 0.4) is 0 Å². The van der Waals surface area contributed by atoms with Gasteiger partial charge in [0.2, 0.25) is 5.91 Å². The minimum Gasteiger partial charge on any atom is -0.508 e. The molecule has 1 saturated heterocycles. The average molecular weight is 429 g/mol. The monoisotopic (exact) mass is 428 g/mol. The SMILES string of the molecule is O=C(CCN1C(=O)/C(=C/C=C\c2ccco2)SC1=S)NCCc1ccc(O)cc1. The molecular weight excluding hydrogens is 408 g/mol. The number of hydrogen-bond donors (Lipinski definition) is 2. The smallest absolute Gasteiger partial charge is 0.266 e. The Morgan fingerprint density at radius 1 is 1.28 bits per heavy atom. The van der Waals surface area contributed by atoms with E-state index >= 15 is 0 Å². The lowest BCUT2D eigenvalue weighted by atomic mass is 10.1. The minimum absolute atomic E-state index is 0.139. The van der Waals surface area contributed by atoms with Gasteiger partial charge >= 0.3 is 0 Å². The molecular formula is C21H20N2O4S2. The van der Waals surface area contributed by atoms with Crippen molar-refractivity contribution in [1.82, 2.24) is 10.2 Å². The third-order valence-electron chi connectivity index (χ3n) is 4.16. The van der Waals surface area contributed by atoms with Gasteiger partial charge in [0.15, 0.2) is 0 Å². The Labute approximate surface area is 178 Å².